The summed E-state index contributed by atoms with van der Waals surface area (Å²) in [4.78, 5) is 19.8. The molecule has 0 radical (unpaired) electrons. The quantitative estimate of drug-likeness (QED) is 0.226. The topological polar surface area (TPSA) is 71.5 Å². The molecular weight excluding hydrogens is 621 g/mol. The molecule has 3 aliphatic rings. The third kappa shape index (κ3) is 6.89. The highest BCUT2D eigenvalue weighted by atomic mass is 35.5. The van der Waals surface area contributed by atoms with Crippen LogP contribution >= 0.6 is 11.6 Å². The smallest absolute Gasteiger partial charge is 0.263 e. The van der Waals surface area contributed by atoms with Crippen LogP contribution in [0.1, 0.15) is 85.3 Å². The number of amides is 1. The fraction of sp³-hybridized carbons (Fsp3) is 0.459. The van der Waals surface area contributed by atoms with E-state index >= 15 is 4.39 Å². The molecule has 1 aliphatic carbocycles. The Hall–Kier alpha value is -3.23. The van der Waals surface area contributed by atoms with E-state index in [2.05, 4.69) is 45.8 Å². The predicted molar refractivity (Wildman–Crippen MR) is 183 cm³/mol. The number of allylic oxidation sites excluding steroid dienone is 2. The lowest BCUT2D eigenvalue weighted by molar-refractivity contribution is 0.0982. The van der Waals surface area contributed by atoms with Crippen LogP contribution in [0.25, 0.3) is 0 Å². The number of anilines is 1. The molecule has 0 saturated heterocycles. The van der Waals surface area contributed by atoms with Crippen molar-refractivity contribution < 1.29 is 18.1 Å². The second-order valence-electron chi connectivity index (χ2n) is 13.2. The molecule has 1 aromatic heterocycles. The molecule has 6 rings (SSSR count). The monoisotopic (exact) mass is 663 g/mol. The molecule has 1 N–H and O–H groups in total. The lowest BCUT2D eigenvalue weighted by Gasteiger charge is -2.44. The Labute approximate surface area is 279 Å². The zero-order valence-electron chi connectivity index (χ0n) is 26.8. The lowest BCUT2D eigenvalue weighted by atomic mass is 9.65. The summed E-state index contributed by atoms with van der Waals surface area (Å²) in [5.41, 5.74) is 4.38. The Morgan fingerprint density at radius 1 is 1.11 bits per heavy atom. The van der Waals surface area contributed by atoms with E-state index in [0.29, 0.717) is 36.6 Å². The second-order valence-corrected chi connectivity index (χ2v) is 15.2. The van der Waals surface area contributed by atoms with Gasteiger partial charge in [0.1, 0.15) is 16.7 Å². The molecule has 46 heavy (non-hydrogen) atoms. The number of ether oxygens (including phenoxy) is 1. The van der Waals surface area contributed by atoms with Crippen molar-refractivity contribution in [3.63, 3.8) is 0 Å². The van der Waals surface area contributed by atoms with Crippen LogP contribution in [0.4, 0.5) is 10.1 Å². The van der Waals surface area contributed by atoms with E-state index in [-0.39, 0.29) is 34.8 Å². The highest BCUT2D eigenvalue weighted by Gasteiger charge is 2.40. The highest BCUT2D eigenvalue weighted by Crippen LogP contribution is 2.47. The van der Waals surface area contributed by atoms with Crippen molar-refractivity contribution in [1.82, 2.24) is 9.71 Å². The molecule has 7 atom stereocenters. The van der Waals surface area contributed by atoms with Crippen molar-refractivity contribution >= 4 is 34.2 Å². The van der Waals surface area contributed by atoms with Crippen molar-refractivity contribution in [2.24, 2.45) is 17.8 Å². The number of halogens is 2. The normalized spacial score (nSPS) is 29.0. The number of benzene rings is 2. The fourth-order valence-corrected chi connectivity index (χ4v) is 8.46. The van der Waals surface area contributed by atoms with Crippen LogP contribution in [0.2, 0.25) is 5.02 Å². The Morgan fingerprint density at radius 2 is 1.96 bits per heavy atom. The van der Waals surface area contributed by atoms with Crippen molar-refractivity contribution in [2.45, 2.75) is 70.0 Å². The molecule has 6 nitrogen and oxygen atoms in total. The van der Waals surface area contributed by atoms with Gasteiger partial charge in [0.25, 0.3) is 5.91 Å². The van der Waals surface area contributed by atoms with Crippen molar-refractivity contribution in [3.8, 4) is 5.75 Å². The lowest BCUT2D eigenvalue weighted by Crippen LogP contribution is -2.42. The van der Waals surface area contributed by atoms with Crippen LogP contribution in [0.5, 0.6) is 5.75 Å². The van der Waals surface area contributed by atoms with Gasteiger partial charge in [-0.2, -0.15) is 4.39 Å². The molecule has 2 aromatic carbocycles. The van der Waals surface area contributed by atoms with Crippen molar-refractivity contribution in [1.29, 1.82) is 0 Å². The number of carbonyl (C=O) groups excluding carboxylic acids is 1. The molecule has 2 bridgehead atoms. The minimum atomic E-state index is -1.58. The van der Waals surface area contributed by atoms with Crippen molar-refractivity contribution in [3.05, 3.63) is 100 Å². The van der Waals surface area contributed by atoms with Crippen LogP contribution in [0.3, 0.4) is 0 Å². The van der Waals surface area contributed by atoms with E-state index < -0.39 is 16.9 Å². The predicted octanol–water partition coefficient (Wildman–Crippen LogP) is 8.00. The SMILES string of the molecule is CCCc1cc(Cl)ccc1C1COc2ccc3cc2N(C1)CC1CCC1C(c1cccnc1F)/C=C/CC(C)C(C)S(=O)NC3=O. The van der Waals surface area contributed by atoms with Gasteiger partial charge in [0.05, 0.1) is 17.5 Å². The van der Waals surface area contributed by atoms with Gasteiger partial charge in [-0.3, -0.25) is 9.52 Å². The number of aryl methyl sites for hydroxylation is 1. The minimum Gasteiger partial charge on any atom is -0.491 e. The van der Waals surface area contributed by atoms with Crippen molar-refractivity contribution in [2.75, 3.05) is 24.6 Å². The third-order valence-corrected chi connectivity index (χ3v) is 12.0. The first-order valence-electron chi connectivity index (χ1n) is 16.5. The van der Waals surface area contributed by atoms with Crippen LogP contribution in [0, 0.1) is 23.7 Å². The van der Waals surface area contributed by atoms with E-state index in [0.717, 1.165) is 48.7 Å². The van der Waals surface area contributed by atoms with Gasteiger partial charge >= 0.3 is 0 Å². The number of aromatic nitrogens is 1. The molecule has 7 unspecified atom stereocenters. The zero-order chi connectivity index (χ0) is 32.4. The summed E-state index contributed by atoms with van der Waals surface area (Å²) >= 11 is 6.43. The molecule has 244 valence electrons. The molecule has 1 saturated carbocycles. The molecule has 1 amide bonds. The van der Waals surface area contributed by atoms with Gasteiger partial charge in [-0.15, -0.1) is 0 Å². The van der Waals surface area contributed by atoms with E-state index in [4.69, 9.17) is 16.3 Å². The van der Waals surface area contributed by atoms with Gasteiger partial charge in [0, 0.05) is 47.3 Å². The Balaban J connectivity index is 1.41. The minimum absolute atomic E-state index is 0.0419. The van der Waals surface area contributed by atoms with Crippen LogP contribution in [-0.4, -0.2) is 40.0 Å². The summed E-state index contributed by atoms with van der Waals surface area (Å²) in [6.07, 6.45) is 10.4. The second kappa shape index (κ2) is 14.3. The number of hydrogen-bond donors (Lipinski definition) is 1. The van der Waals surface area contributed by atoms with Crippen LogP contribution in [0.15, 0.2) is 66.9 Å². The number of pyridine rings is 1. The van der Waals surface area contributed by atoms with E-state index in [9.17, 15) is 9.00 Å². The average molecular weight is 664 g/mol. The Kier molecular flexibility index (Phi) is 10.1. The molecular formula is C37H43ClFN3O3S. The van der Waals surface area contributed by atoms with Gasteiger partial charge in [-0.25, -0.2) is 9.19 Å². The summed E-state index contributed by atoms with van der Waals surface area (Å²) in [5, 5.41) is 0.454. The van der Waals surface area contributed by atoms with Crippen LogP contribution in [-0.2, 0) is 17.4 Å². The summed E-state index contributed by atoms with van der Waals surface area (Å²) in [6.45, 7) is 8.03. The molecule has 9 heteroatoms. The largest absolute Gasteiger partial charge is 0.491 e. The maximum absolute atomic E-state index is 15.2. The number of carbonyl (C=O) groups is 1. The maximum Gasteiger partial charge on any atom is 0.263 e. The summed E-state index contributed by atoms with van der Waals surface area (Å²) in [6, 6.07) is 15.3. The number of fused-ring (bicyclic) bond motifs is 2. The summed E-state index contributed by atoms with van der Waals surface area (Å²) in [5.74, 6) is 0.468. The fourth-order valence-electron chi connectivity index (χ4n) is 7.24. The standard InChI is InChI=1S/C37H43ClFN3O3S/c1-4-7-25-18-29(38)13-15-30(25)28-21-42-20-27-11-14-31(27)32(33-10-6-17-40-36(33)39)9-5-8-23(2)24(3)46(44)41-37(43)26-12-16-35(45-22-28)34(42)19-26/h5-6,9-10,12-13,15-19,23-24,27-28,31-32H,4,7-8,11,14,20-22H2,1-3H3,(H,41,43)/b9-5+. The van der Waals surface area contributed by atoms with E-state index in [1.807, 2.05) is 44.2 Å². The Morgan fingerprint density at radius 3 is 2.72 bits per heavy atom. The van der Waals surface area contributed by atoms with Gasteiger partial charge in [0.15, 0.2) is 0 Å². The van der Waals surface area contributed by atoms with E-state index in [1.54, 1.807) is 6.07 Å². The first-order chi connectivity index (χ1) is 22.2. The van der Waals surface area contributed by atoms with E-state index in [1.165, 1.54) is 17.3 Å². The first kappa shape index (κ1) is 32.7. The maximum atomic E-state index is 15.2. The first-order valence-corrected chi connectivity index (χ1v) is 18.1. The highest BCUT2D eigenvalue weighted by molar-refractivity contribution is 7.84. The van der Waals surface area contributed by atoms with Crippen LogP contribution < -0.4 is 14.4 Å². The summed E-state index contributed by atoms with van der Waals surface area (Å²) in [7, 11) is -1.58. The van der Waals surface area contributed by atoms with Gasteiger partial charge in [0.2, 0.25) is 5.95 Å². The molecule has 0 spiro atoms. The van der Waals surface area contributed by atoms with Gasteiger partial charge in [-0.1, -0.05) is 56.2 Å². The molecule has 1 fully saturated rings. The average Bonchev–Trinajstić information content (AvgIpc) is 3.21. The van der Waals surface area contributed by atoms with Gasteiger partial charge in [-0.05, 0) is 97.9 Å². The Bertz CT molecular complexity index is 1630. The summed E-state index contributed by atoms with van der Waals surface area (Å²) < 4.78 is 37.7. The number of hydrogen-bond acceptors (Lipinski definition) is 5. The number of nitrogens with one attached hydrogen (secondary N) is 1. The number of rotatable bonds is 4. The van der Waals surface area contributed by atoms with Gasteiger partial charge < -0.3 is 9.64 Å². The molecule has 2 aliphatic heterocycles. The number of nitrogens with zero attached hydrogens (tertiary/aromatic N) is 2. The third-order valence-electron chi connectivity index (χ3n) is 10.2. The molecule has 3 heterocycles. The zero-order valence-corrected chi connectivity index (χ0v) is 28.3. The molecule has 3 aromatic rings.